The number of ether oxygens (including phenoxy) is 1. The maximum absolute atomic E-state index is 11.7. The van der Waals surface area contributed by atoms with Crippen molar-refractivity contribution in [1.29, 1.82) is 0 Å². The number of nitro groups is 1. The van der Waals surface area contributed by atoms with Gasteiger partial charge in [0.2, 0.25) is 0 Å². The van der Waals surface area contributed by atoms with E-state index in [4.69, 9.17) is 4.74 Å². The summed E-state index contributed by atoms with van der Waals surface area (Å²) in [5, 5.41) is 14.3. The Balaban J connectivity index is 1.83. The maximum atomic E-state index is 11.7. The van der Waals surface area contributed by atoms with Crippen LogP contribution < -0.4 is 10.2 Å². The monoisotopic (exact) mass is 327 g/mol. The second kappa shape index (κ2) is 7.87. The minimum absolute atomic E-state index is 0.00182. The second-order valence-corrected chi connectivity index (χ2v) is 5.25. The molecule has 7 heteroatoms. The summed E-state index contributed by atoms with van der Waals surface area (Å²) in [6, 6.07) is 11.5. The van der Waals surface area contributed by atoms with Crippen LogP contribution in [0.3, 0.4) is 0 Å². The Hall–Kier alpha value is -3.22. The molecule has 0 aliphatic heterocycles. The molecule has 0 heterocycles. The van der Waals surface area contributed by atoms with Crippen LogP contribution in [0.25, 0.3) is 0 Å². The summed E-state index contributed by atoms with van der Waals surface area (Å²) in [5.41, 5.74) is 5.09. The second-order valence-electron chi connectivity index (χ2n) is 5.25. The Labute approximate surface area is 139 Å². The molecule has 0 aromatic heterocycles. The summed E-state index contributed by atoms with van der Waals surface area (Å²) >= 11 is 0. The van der Waals surface area contributed by atoms with E-state index in [1.165, 1.54) is 18.3 Å². The van der Waals surface area contributed by atoms with Crippen LogP contribution in [0.1, 0.15) is 16.7 Å². The molecule has 1 amide bonds. The lowest BCUT2D eigenvalue weighted by atomic mass is 10.1. The smallest absolute Gasteiger partial charge is 0.277 e. The van der Waals surface area contributed by atoms with Crippen molar-refractivity contribution in [3.63, 3.8) is 0 Å². The topological polar surface area (TPSA) is 93.8 Å². The fourth-order valence-corrected chi connectivity index (χ4v) is 2.06. The minimum atomic E-state index is -0.479. The van der Waals surface area contributed by atoms with E-state index in [0.29, 0.717) is 11.3 Å². The first-order chi connectivity index (χ1) is 11.4. The van der Waals surface area contributed by atoms with Crippen molar-refractivity contribution in [3.05, 3.63) is 69.3 Å². The van der Waals surface area contributed by atoms with Crippen molar-refractivity contribution >= 4 is 17.8 Å². The fraction of sp³-hybridized carbons (Fsp3) is 0.176. The Morgan fingerprint density at radius 3 is 2.42 bits per heavy atom. The lowest BCUT2D eigenvalue weighted by molar-refractivity contribution is -0.384. The molecule has 2 aromatic rings. The third-order valence-electron chi connectivity index (χ3n) is 3.07. The number of carbonyl (C=O) groups is 1. The average molecular weight is 327 g/mol. The van der Waals surface area contributed by atoms with Gasteiger partial charge >= 0.3 is 0 Å². The highest BCUT2D eigenvalue weighted by molar-refractivity contribution is 5.83. The van der Waals surface area contributed by atoms with E-state index in [-0.39, 0.29) is 12.3 Å². The molecule has 0 bridgehead atoms. The van der Waals surface area contributed by atoms with Gasteiger partial charge in [0, 0.05) is 12.1 Å². The molecule has 0 unspecified atom stereocenters. The quantitative estimate of drug-likeness (QED) is 0.501. The van der Waals surface area contributed by atoms with Gasteiger partial charge in [0.15, 0.2) is 6.61 Å². The molecule has 0 radical (unpaired) electrons. The van der Waals surface area contributed by atoms with E-state index >= 15 is 0 Å². The number of carbonyl (C=O) groups excluding carboxylic acids is 1. The molecule has 0 fully saturated rings. The van der Waals surface area contributed by atoms with Crippen molar-refractivity contribution in [1.82, 2.24) is 5.43 Å². The Bertz CT molecular complexity index is 750. The molecule has 0 spiro atoms. The standard InChI is InChI=1S/C17H17N3O4/c1-12-7-13(2)9-16(8-12)24-11-17(21)19-18-10-14-3-5-15(6-4-14)20(22)23/h3-10H,11H2,1-2H3,(H,19,21)/b18-10-. The number of nitrogens with zero attached hydrogens (tertiary/aromatic N) is 2. The number of rotatable bonds is 6. The van der Waals surface area contributed by atoms with Crippen LogP contribution in [0.5, 0.6) is 5.75 Å². The molecule has 0 aliphatic carbocycles. The van der Waals surface area contributed by atoms with Gasteiger partial charge in [0.05, 0.1) is 11.1 Å². The third-order valence-corrected chi connectivity index (χ3v) is 3.07. The minimum Gasteiger partial charge on any atom is -0.484 e. The molecule has 24 heavy (non-hydrogen) atoms. The van der Waals surface area contributed by atoms with E-state index < -0.39 is 10.8 Å². The predicted octanol–water partition coefficient (Wildman–Crippen LogP) is 2.74. The number of nitro benzene ring substituents is 1. The van der Waals surface area contributed by atoms with Gasteiger partial charge in [-0.3, -0.25) is 14.9 Å². The summed E-state index contributed by atoms with van der Waals surface area (Å²) < 4.78 is 5.41. The van der Waals surface area contributed by atoms with Crippen LogP contribution in [0.2, 0.25) is 0 Å². The van der Waals surface area contributed by atoms with Crippen LogP contribution in [0.4, 0.5) is 5.69 Å². The Morgan fingerprint density at radius 2 is 1.83 bits per heavy atom. The highest BCUT2D eigenvalue weighted by atomic mass is 16.6. The normalized spacial score (nSPS) is 10.6. The molecular weight excluding hydrogens is 310 g/mol. The number of amides is 1. The molecule has 124 valence electrons. The SMILES string of the molecule is Cc1cc(C)cc(OCC(=O)N/N=C\c2ccc([N+](=O)[O-])cc2)c1. The lowest BCUT2D eigenvalue weighted by Gasteiger charge is -2.07. The highest BCUT2D eigenvalue weighted by Gasteiger charge is 2.04. The van der Waals surface area contributed by atoms with Crippen LogP contribution in [-0.4, -0.2) is 23.7 Å². The lowest BCUT2D eigenvalue weighted by Crippen LogP contribution is -2.24. The van der Waals surface area contributed by atoms with Crippen molar-refractivity contribution < 1.29 is 14.5 Å². The first-order valence-corrected chi connectivity index (χ1v) is 7.21. The molecule has 1 N–H and O–H groups in total. The first kappa shape index (κ1) is 17.1. The molecule has 0 atom stereocenters. The zero-order valence-electron chi connectivity index (χ0n) is 13.4. The average Bonchev–Trinajstić information content (AvgIpc) is 2.52. The third kappa shape index (κ3) is 5.20. The number of benzene rings is 2. The summed E-state index contributed by atoms with van der Waals surface area (Å²) in [6.07, 6.45) is 1.40. The van der Waals surface area contributed by atoms with Gasteiger partial charge in [-0.1, -0.05) is 6.07 Å². The number of non-ortho nitro benzene ring substituents is 1. The zero-order valence-corrected chi connectivity index (χ0v) is 13.4. The maximum Gasteiger partial charge on any atom is 0.277 e. The zero-order chi connectivity index (χ0) is 17.5. The van der Waals surface area contributed by atoms with E-state index in [9.17, 15) is 14.9 Å². The Morgan fingerprint density at radius 1 is 1.21 bits per heavy atom. The molecule has 2 aromatic carbocycles. The number of hydrogen-bond donors (Lipinski definition) is 1. The summed E-state index contributed by atoms with van der Waals surface area (Å²) in [7, 11) is 0. The van der Waals surface area contributed by atoms with Gasteiger partial charge in [0.1, 0.15) is 5.75 Å². The van der Waals surface area contributed by atoms with Crippen molar-refractivity contribution in [2.45, 2.75) is 13.8 Å². The first-order valence-electron chi connectivity index (χ1n) is 7.21. The van der Waals surface area contributed by atoms with E-state index in [2.05, 4.69) is 10.5 Å². The molecule has 0 saturated heterocycles. The van der Waals surface area contributed by atoms with Crippen LogP contribution >= 0.6 is 0 Å². The molecule has 2 rings (SSSR count). The number of aryl methyl sites for hydroxylation is 2. The molecule has 7 nitrogen and oxygen atoms in total. The van der Waals surface area contributed by atoms with Crippen LogP contribution in [0.15, 0.2) is 47.6 Å². The van der Waals surface area contributed by atoms with Crippen LogP contribution in [0, 0.1) is 24.0 Å². The van der Waals surface area contributed by atoms with Crippen LogP contribution in [-0.2, 0) is 4.79 Å². The number of nitrogens with one attached hydrogen (secondary N) is 1. The van der Waals surface area contributed by atoms with E-state index in [0.717, 1.165) is 11.1 Å². The Kier molecular flexibility index (Phi) is 5.62. The molecule has 0 saturated carbocycles. The summed E-state index contributed by atoms with van der Waals surface area (Å²) in [5.74, 6) is 0.231. The fourth-order valence-electron chi connectivity index (χ4n) is 2.06. The van der Waals surface area contributed by atoms with Gasteiger partial charge < -0.3 is 4.74 Å². The molecule has 0 aliphatic rings. The number of hydrazone groups is 1. The number of hydrogen-bond acceptors (Lipinski definition) is 5. The van der Waals surface area contributed by atoms with E-state index in [1.54, 1.807) is 12.1 Å². The van der Waals surface area contributed by atoms with Gasteiger partial charge in [0.25, 0.3) is 11.6 Å². The van der Waals surface area contributed by atoms with E-state index in [1.807, 2.05) is 32.0 Å². The highest BCUT2D eigenvalue weighted by Crippen LogP contribution is 2.16. The summed E-state index contributed by atoms with van der Waals surface area (Å²) in [6.45, 7) is 3.75. The van der Waals surface area contributed by atoms with Gasteiger partial charge in [-0.05, 0) is 54.8 Å². The summed E-state index contributed by atoms with van der Waals surface area (Å²) in [4.78, 5) is 21.7. The van der Waals surface area contributed by atoms with Crippen molar-refractivity contribution in [2.24, 2.45) is 5.10 Å². The van der Waals surface area contributed by atoms with Gasteiger partial charge in [-0.2, -0.15) is 5.10 Å². The largest absolute Gasteiger partial charge is 0.484 e. The van der Waals surface area contributed by atoms with Crippen molar-refractivity contribution in [2.75, 3.05) is 6.61 Å². The van der Waals surface area contributed by atoms with Gasteiger partial charge in [-0.15, -0.1) is 0 Å². The molecular formula is C17H17N3O4. The van der Waals surface area contributed by atoms with Crippen molar-refractivity contribution in [3.8, 4) is 5.75 Å². The predicted molar refractivity (Wildman–Crippen MR) is 90.2 cm³/mol. The van der Waals surface area contributed by atoms with Gasteiger partial charge in [-0.25, -0.2) is 5.43 Å².